The summed E-state index contributed by atoms with van der Waals surface area (Å²) in [5.41, 5.74) is 1.11. The number of fused-ring (bicyclic) bond motifs is 1. The van der Waals surface area contributed by atoms with Crippen LogP contribution < -0.4 is 4.90 Å². The maximum absolute atomic E-state index is 12.4. The Hall–Kier alpha value is -0.960. The minimum Gasteiger partial charge on any atom is -0.311 e. The zero-order valence-corrected chi connectivity index (χ0v) is 12.7. The van der Waals surface area contributed by atoms with Crippen molar-refractivity contribution < 1.29 is 4.79 Å². The molecule has 104 valence electrons. The molecular formula is C16H23NOS. The van der Waals surface area contributed by atoms with E-state index in [0.717, 1.165) is 37.9 Å². The standard InChI is InChI=1S/C16H23NOS/c1-3-4-5-10-16(18)17-12-11-13(2)19-15-9-7-6-8-14(15)17/h6-9,13H,3-5,10-12H2,1-2H3. The first kappa shape index (κ1) is 14.4. The molecule has 3 heteroatoms. The predicted octanol–water partition coefficient (Wildman–Crippen LogP) is 4.48. The summed E-state index contributed by atoms with van der Waals surface area (Å²) in [4.78, 5) is 15.7. The van der Waals surface area contributed by atoms with E-state index >= 15 is 0 Å². The Morgan fingerprint density at radius 2 is 2.16 bits per heavy atom. The fourth-order valence-corrected chi connectivity index (χ4v) is 3.52. The number of benzene rings is 1. The number of rotatable bonds is 4. The summed E-state index contributed by atoms with van der Waals surface area (Å²) in [7, 11) is 0. The molecule has 19 heavy (non-hydrogen) atoms. The summed E-state index contributed by atoms with van der Waals surface area (Å²) in [6.45, 7) is 5.27. The van der Waals surface area contributed by atoms with Crippen molar-refractivity contribution >= 4 is 23.4 Å². The van der Waals surface area contributed by atoms with Gasteiger partial charge in [-0.1, -0.05) is 38.8 Å². The van der Waals surface area contributed by atoms with E-state index in [1.54, 1.807) is 0 Å². The van der Waals surface area contributed by atoms with Crippen molar-refractivity contribution in [2.75, 3.05) is 11.4 Å². The molecule has 1 amide bonds. The van der Waals surface area contributed by atoms with Gasteiger partial charge in [-0.15, -0.1) is 11.8 Å². The zero-order valence-electron chi connectivity index (χ0n) is 11.9. The highest BCUT2D eigenvalue weighted by atomic mass is 32.2. The first-order chi connectivity index (χ1) is 9.22. The van der Waals surface area contributed by atoms with Gasteiger partial charge >= 0.3 is 0 Å². The van der Waals surface area contributed by atoms with E-state index in [-0.39, 0.29) is 5.91 Å². The largest absolute Gasteiger partial charge is 0.311 e. The van der Waals surface area contributed by atoms with Crippen LogP contribution in [0.2, 0.25) is 0 Å². The fraction of sp³-hybridized carbons (Fsp3) is 0.562. The lowest BCUT2D eigenvalue weighted by atomic mass is 10.1. The quantitative estimate of drug-likeness (QED) is 0.756. The van der Waals surface area contributed by atoms with Crippen molar-refractivity contribution in [2.24, 2.45) is 0 Å². The molecule has 0 aromatic heterocycles. The second-order valence-corrected chi connectivity index (χ2v) is 6.67. The summed E-state index contributed by atoms with van der Waals surface area (Å²) in [6.07, 6.45) is 5.07. The van der Waals surface area contributed by atoms with E-state index in [4.69, 9.17) is 0 Å². The molecule has 0 fully saturated rings. The summed E-state index contributed by atoms with van der Waals surface area (Å²) in [6, 6.07) is 8.30. The second-order valence-electron chi connectivity index (χ2n) is 5.19. The number of anilines is 1. The highest BCUT2D eigenvalue weighted by Crippen LogP contribution is 2.37. The highest BCUT2D eigenvalue weighted by Gasteiger charge is 2.23. The first-order valence-corrected chi connectivity index (χ1v) is 8.16. The third-order valence-corrected chi connectivity index (χ3v) is 4.78. The predicted molar refractivity (Wildman–Crippen MR) is 82.9 cm³/mol. The summed E-state index contributed by atoms with van der Waals surface area (Å²) < 4.78 is 0. The molecule has 0 spiro atoms. The van der Waals surface area contributed by atoms with Gasteiger partial charge in [0.05, 0.1) is 5.69 Å². The molecule has 1 aliphatic rings. The van der Waals surface area contributed by atoms with Crippen LogP contribution in [-0.2, 0) is 4.79 Å². The van der Waals surface area contributed by atoms with Gasteiger partial charge in [0.1, 0.15) is 0 Å². The molecule has 0 bridgehead atoms. The molecule has 1 atom stereocenters. The average molecular weight is 277 g/mol. The topological polar surface area (TPSA) is 20.3 Å². The van der Waals surface area contributed by atoms with Gasteiger partial charge in [-0.25, -0.2) is 0 Å². The molecular weight excluding hydrogens is 254 g/mol. The molecule has 0 radical (unpaired) electrons. The number of nitrogens with zero attached hydrogens (tertiary/aromatic N) is 1. The minimum absolute atomic E-state index is 0.288. The van der Waals surface area contributed by atoms with Crippen molar-refractivity contribution in [2.45, 2.75) is 56.1 Å². The molecule has 1 heterocycles. The van der Waals surface area contributed by atoms with E-state index in [0.29, 0.717) is 11.7 Å². The van der Waals surface area contributed by atoms with Crippen molar-refractivity contribution in [3.05, 3.63) is 24.3 Å². The molecule has 1 unspecified atom stereocenters. The van der Waals surface area contributed by atoms with Crippen LogP contribution in [0.3, 0.4) is 0 Å². The van der Waals surface area contributed by atoms with E-state index in [2.05, 4.69) is 32.0 Å². The Balaban J connectivity index is 2.14. The number of carbonyl (C=O) groups excluding carboxylic acids is 1. The molecule has 1 aliphatic heterocycles. The average Bonchev–Trinajstić information content (AvgIpc) is 2.57. The Morgan fingerprint density at radius 1 is 1.37 bits per heavy atom. The molecule has 1 aromatic carbocycles. The fourth-order valence-electron chi connectivity index (χ4n) is 2.41. The lowest BCUT2D eigenvalue weighted by Crippen LogP contribution is -2.32. The second kappa shape index (κ2) is 6.99. The summed E-state index contributed by atoms with van der Waals surface area (Å²) in [5.74, 6) is 0.288. The molecule has 0 saturated carbocycles. The lowest BCUT2D eigenvalue weighted by Gasteiger charge is -2.22. The Labute approximate surface area is 120 Å². The van der Waals surface area contributed by atoms with E-state index in [1.807, 2.05) is 22.7 Å². The number of amides is 1. The van der Waals surface area contributed by atoms with E-state index in [9.17, 15) is 4.79 Å². The monoisotopic (exact) mass is 277 g/mol. The number of unbranched alkanes of at least 4 members (excludes halogenated alkanes) is 2. The van der Waals surface area contributed by atoms with Crippen LogP contribution in [-0.4, -0.2) is 17.7 Å². The van der Waals surface area contributed by atoms with E-state index < -0.39 is 0 Å². The van der Waals surface area contributed by atoms with Crippen molar-refractivity contribution in [3.8, 4) is 0 Å². The van der Waals surface area contributed by atoms with Gasteiger partial charge in [0.2, 0.25) is 5.91 Å². The van der Waals surface area contributed by atoms with Crippen LogP contribution in [0, 0.1) is 0 Å². The Morgan fingerprint density at radius 3 is 2.95 bits per heavy atom. The van der Waals surface area contributed by atoms with Gasteiger partial charge in [0.15, 0.2) is 0 Å². The third kappa shape index (κ3) is 3.75. The normalized spacial score (nSPS) is 18.8. The smallest absolute Gasteiger partial charge is 0.227 e. The number of carbonyl (C=O) groups is 1. The maximum atomic E-state index is 12.4. The van der Waals surface area contributed by atoms with Gasteiger partial charge < -0.3 is 4.90 Å². The van der Waals surface area contributed by atoms with Crippen molar-refractivity contribution in [3.63, 3.8) is 0 Å². The van der Waals surface area contributed by atoms with Crippen LogP contribution in [0.1, 0.15) is 46.0 Å². The first-order valence-electron chi connectivity index (χ1n) is 7.28. The van der Waals surface area contributed by atoms with Gasteiger partial charge in [-0.2, -0.15) is 0 Å². The molecule has 0 N–H and O–H groups in total. The molecule has 0 aliphatic carbocycles. The molecule has 2 nitrogen and oxygen atoms in total. The Kier molecular flexibility index (Phi) is 5.32. The van der Waals surface area contributed by atoms with Gasteiger partial charge in [-0.3, -0.25) is 4.79 Å². The van der Waals surface area contributed by atoms with E-state index in [1.165, 1.54) is 4.90 Å². The number of hydrogen-bond donors (Lipinski definition) is 0. The molecule has 2 rings (SSSR count). The maximum Gasteiger partial charge on any atom is 0.227 e. The molecule has 0 saturated heterocycles. The summed E-state index contributed by atoms with van der Waals surface area (Å²) in [5, 5.41) is 0.578. The molecule has 1 aromatic rings. The Bertz CT molecular complexity index is 433. The van der Waals surface area contributed by atoms with Crippen LogP contribution >= 0.6 is 11.8 Å². The van der Waals surface area contributed by atoms with Crippen molar-refractivity contribution in [1.82, 2.24) is 0 Å². The number of hydrogen-bond acceptors (Lipinski definition) is 2. The van der Waals surface area contributed by atoms with Crippen LogP contribution in [0.5, 0.6) is 0 Å². The van der Waals surface area contributed by atoms with Crippen LogP contribution in [0.4, 0.5) is 5.69 Å². The van der Waals surface area contributed by atoms with Gasteiger partial charge in [0, 0.05) is 23.1 Å². The lowest BCUT2D eigenvalue weighted by molar-refractivity contribution is -0.118. The van der Waals surface area contributed by atoms with Gasteiger partial charge in [0.25, 0.3) is 0 Å². The summed E-state index contributed by atoms with van der Waals surface area (Å²) >= 11 is 1.89. The zero-order chi connectivity index (χ0) is 13.7. The van der Waals surface area contributed by atoms with Crippen LogP contribution in [0.15, 0.2) is 29.2 Å². The highest BCUT2D eigenvalue weighted by molar-refractivity contribution is 8.00. The SMILES string of the molecule is CCCCCC(=O)N1CCC(C)Sc2ccccc21. The van der Waals surface area contributed by atoms with Crippen molar-refractivity contribution in [1.29, 1.82) is 0 Å². The minimum atomic E-state index is 0.288. The number of thioether (sulfide) groups is 1. The third-order valence-electron chi connectivity index (χ3n) is 3.54. The van der Waals surface area contributed by atoms with Crippen LogP contribution in [0.25, 0.3) is 0 Å². The van der Waals surface area contributed by atoms with Gasteiger partial charge in [-0.05, 0) is 25.0 Å². The number of para-hydroxylation sites is 1.